The maximum atomic E-state index is 11.6. The molecule has 3 rings (SSSR count). The van der Waals surface area contributed by atoms with Gasteiger partial charge in [0.1, 0.15) is 0 Å². The second kappa shape index (κ2) is 5.51. The first-order chi connectivity index (χ1) is 10.1. The van der Waals surface area contributed by atoms with Crippen LogP contribution >= 0.6 is 0 Å². The summed E-state index contributed by atoms with van der Waals surface area (Å²) < 4.78 is 2.10. The minimum absolute atomic E-state index is 0.0251. The number of hydrogen-bond donors (Lipinski definition) is 1. The van der Waals surface area contributed by atoms with Crippen LogP contribution in [-0.4, -0.2) is 20.6 Å². The number of imidazole rings is 1. The second-order valence-corrected chi connectivity index (χ2v) is 6.23. The number of aryl methyl sites for hydroxylation is 2. The zero-order chi connectivity index (χ0) is 15.0. The van der Waals surface area contributed by atoms with Crippen molar-refractivity contribution in [2.75, 3.05) is 0 Å². The van der Waals surface area contributed by atoms with Crippen LogP contribution in [0.2, 0.25) is 0 Å². The van der Waals surface area contributed by atoms with Gasteiger partial charge in [0.05, 0.1) is 23.3 Å². The van der Waals surface area contributed by atoms with Gasteiger partial charge in [-0.05, 0) is 49.9 Å². The third-order valence-electron chi connectivity index (χ3n) is 4.84. The highest BCUT2D eigenvalue weighted by Crippen LogP contribution is 2.35. The highest BCUT2D eigenvalue weighted by molar-refractivity contribution is 5.78. The average molecular weight is 286 g/mol. The van der Waals surface area contributed by atoms with Crippen molar-refractivity contribution in [3.05, 3.63) is 29.6 Å². The van der Waals surface area contributed by atoms with Gasteiger partial charge >= 0.3 is 5.97 Å². The van der Waals surface area contributed by atoms with E-state index in [1.54, 1.807) is 0 Å². The Morgan fingerprint density at radius 3 is 2.67 bits per heavy atom. The molecule has 0 saturated heterocycles. The lowest BCUT2D eigenvalue weighted by Crippen LogP contribution is -2.25. The number of aliphatic carboxylic acids is 1. The van der Waals surface area contributed by atoms with Crippen molar-refractivity contribution in [2.24, 2.45) is 5.92 Å². The molecule has 21 heavy (non-hydrogen) atoms. The van der Waals surface area contributed by atoms with E-state index >= 15 is 0 Å². The summed E-state index contributed by atoms with van der Waals surface area (Å²) in [6, 6.07) is 4.26. The summed E-state index contributed by atoms with van der Waals surface area (Å²) in [5.41, 5.74) is 4.48. The van der Waals surface area contributed by atoms with Crippen LogP contribution in [0.1, 0.15) is 49.3 Å². The topological polar surface area (TPSA) is 55.1 Å². The number of carboxylic acids is 1. The molecule has 112 valence electrons. The highest BCUT2D eigenvalue weighted by atomic mass is 16.4. The minimum Gasteiger partial charge on any atom is -0.481 e. The third kappa shape index (κ3) is 2.55. The number of hydrogen-bond acceptors (Lipinski definition) is 2. The lowest BCUT2D eigenvalue weighted by molar-refractivity contribution is -0.143. The Bertz CT molecular complexity index is 675. The van der Waals surface area contributed by atoms with Crippen LogP contribution in [0, 0.1) is 19.8 Å². The molecule has 4 heteroatoms. The quantitative estimate of drug-likeness (QED) is 0.853. The van der Waals surface area contributed by atoms with Gasteiger partial charge in [-0.15, -0.1) is 0 Å². The van der Waals surface area contributed by atoms with Crippen molar-refractivity contribution in [1.82, 2.24) is 9.55 Å². The van der Waals surface area contributed by atoms with Gasteiger partial charge in [-0.1, -0.05) is 19.3 Å². The lowest BCUT2D eigenvalue weighted by Gasteiger charge is -2.24. The fourth-order valence-electron chi connectivity index (χ4n) is 3.46. The zero-order valence-corrected chi connectivity index (χ0v) is 12.7. The summed E-state index contributed by atoms with van der Waals surface area (Å²) >= 11 is 0. The number of aromatic nitrogens is 2. The van der Waals surface area contributed by atoms with E-state index in [0.717, 1.165) is 43.1 Å². The van der Waals surface area contributed by atoms with Crippen molar-refractivity contribution in [1.29, 1.82) is 0 Å². The molecule has 2 aromatic rings. The number of benzene rings is 1. The van der Waals surface area contributed by atoms with Gasteiger partial charge < -0.3 is 9.67 Å². The average Bonchev–Trinajstić information content (AvgIpc) is 2.69. The van der Waals surface area contributed by atoms with Crippen molar-refractivity contribution in [3.63, 3.8) is 0 Å². The van der Waals surface area contributed by atoms with E-state index in [4.69, 9.17) is 0 Å². The number of carbonyl (C=O) groups is 1. The third-order valence-corrected chi connectivity index (χ3v) is 4.84. The molecule has 1 aliphatic rings. The maximum Gasteiger partial charge on any atom is 0.308 e. The molecule has 0 aliphatic heterocycles. The van der Waals surface area contributed by atoms with Gasteiger partial charge in [0.25, 0.3) is 0 Å². The fourth-order valence-corrected chi connectivity index (χ4v) is 3.46. The van der Waals surface area contributed by atoms with Gasteiger partial charge in [-0.2, -0.15) is 0 Å². The molecular weight excluding hydrogens is 264 g/mol. The molecule has 2 unspecified atom stereocenters. The first-order valence-corrected chi connectivity index (χ1v) is 7.74. The van der Waals surface area contributed by atoms with Crippen molar-refractivity contribution in [3.8, 4) is 0 Å². The molecule has 1 fully saturated rings. The van der Waals surface area contributed by atoms with E-state index < -0.39 is 5.97 Å². The Kier molecular flexibility index (Phi) is 3.70. The number of rotatable bonds is 2. The molecular formula is C17H22N2O2. The number of carboxylic acid groups (broad SMARTS) is 1. The molecule has 1 aromatic heterocycles. The Balaban J connectivity index is 2.08. The van der Waals surface area contributed by atoms with E-state index in [1.807, 2.05) is 6.33 Å². The molecule has 0 bridgehead atoms. The van der Waals surface area contributed by atoms with Crippen LogP contribution in [0.5, 0.6) is 0 Å². The first-order valence-electron chi connectivity index (χ1n) is 7.74. The predicted octanol–water partition coefficient (Wildman–Crippen LogP) is 3.86. The SMILES string of the molecule is Cc1cc2ncn(C3CCCCCC3C(=O)O)c2cc1C. The number of nitrogens with zero attached hydrogens (tertiary/aromatic N) is 2. The smallest absolute Gasteiger partial charge is 0.308 e. The monoisotopic (exact) mass is 286 g/mol. The zero-order valence-electron chi connectivity index (χ0n) is 12.7. The Morgan fingerprint density at radius 1 is 1.19 bits per heavy atom. The van der Waals surface area contributed by atoms with Crippen LogP contribution in [0.25, 0.3) is 11.0 Å². The summed E-state index contributed by atoms with van der Waals surface area (Å²) in [4.78, 5) is 16.1. The van der Waals surface area contributed by atoms with E-state index in [1.165, 1.54) is 11.1 Å². The Hall–Kier alpha value is -1.84. The molecule has 0 amide bonds. The highest BCUT2D eigenvalue weighted by Gasteiger charge is 2.31. The molecule has 1 aliphatic carbocycles. The van der Waals surface area contributed by atoms with Crippen molar-refractivity contribution >= 4 is 17.0 Å². The van der Waals surface area contributed by atoms with Crippen molar-refractivity contribution < 1.29 is 9.90 Å². The molecule has 1 N–H and O–H groups in total. The second-order valence-electron chi connectivity index (χ2n) is 6.23. The first kappa shape index (κ1) is 14.1. The largest absolute Gasteiger partial charge is 0.481 e. The molecule has 1 saturated carbocycles. The summed E-state index contributed by atoms with van der Waals surface area (Å²) in [5, 5.41) is 9.57. The van der Waals surface area contributed by atoms with Gasteiger partial charge in [0.15, 0.2) is 0 Å². The summed E-state index contributed by atoms with van der Waals surface area (Å²) in [7, 11) is 0. The normalized spacial score (nSPS) is 23.1. The maximum absolute atomic E-state index is 11.6. The minimum atomic E-state index is -0.674. The van der Waals surface area contributed by atoms with Gasteiger partial charge in [0, 0.05) is 6.04 Å². The van der Waals surface area contributed by atoms with Gasteiger partial charge in [0.2, 0.25) is 0 Å². The van der Waals surface area contributed by atoms with Crippen LogP contribution in [-0.2, 0) is 4.79 Å². The van der Waals surface area contributed by atoms with Crippen molar-refractivity contribution in [2.45, 2.75) is 52.0 Å². The molecule has 0 spiro atoms. The molecule has 2 atom stereocenters. The van der Waals surface area contributed by atoms with E-state index in [2.05, 4.69) is 35.5 Å². The molecule has 1 aromatic carbocycles. The Labute approximate surface area is 124 Å². The van der Waals surface area contributed by atoms with Gasteiger partial charge in [-0.3, -0.25) is 4.79 Å². The number of fused-ring (bicyclic) bond motifs is 1. The summed E-state index contributed by atoms with van der Waals surface area (Å²) in [6.07, 6.45) is 6.76. The van der Waals surface area contributed by atoms with Gasteiger partial charge in [-0.25, -0.2) is 4.98 Å². The Morgan fingerprint density at radius 2 is 1.90 bits per heavy atom. The standard InChI is InChI=1S/C17H22N2O2/c1-11-8-14-16(9-12(11)2)19(10-18-14)15-7-5-3-4-6-13(15)17(20)21/h8-10,13,15H,3-7H2,1-2H3,(H,20,21). The lowest BCUT2D eigenvalue weighted by atomic mass is 9.94. The fraction of sp³-hybridized carbons (Fsp3) is 0.529. The predicted molar refractivity (Wildman–Crippen MR) is 82.5 cm³/mol. The van der Waals surface area contributed by atoms with E-state index in [-0.39, 0.29) is 12.0 Å². The molecule has 1 heterocycles. The van der Waals surface area contributed by atoms with Crippen LogP contribution in [0.3, 0.4) is 0 Å². The van der Waals surface area contributed by atoms with Crippen LogP contribution < -0.4 is 0 Å². The van der Waals surface area contributed by atoms with E-state index in [9.17, 15) is 9.90 Å². The molecule has 0 radical (unpaired) electrons. The van der Waals surface area contributed by atoms with Crippen LogP contribution in [0.15, 0.2) is 18.5 Å². The summed E-state index contributed by atoms with van der Waals surface area (Å²) in [5.74, 6) is -0.973. The molecule has 4 nitrogen and oxygen atoms in total. The van der Waals surface area contributed by atoms with Crippen LogP contribution in [0.4, 0.5) is 0 Å². The van der Waals surface area contributed by atoms with E-state index in [0.29, 0.717) is 0 Å². The summed E-state index contributed by atoms with van der Waals surface area (Å²) in [6.45, 7) is 4.17.